The Morgan fingerprint density at radius 1 is 0.884 bits per heavy atom. The zero-order valence-corrected chi connectivity index (χ0v) is 28.0. The van der Waals surface area contributed by atoms with Gasteiger partial charge in [-0.1, -0.05) is 45.9 Å². The van der Waals surface area contributed by atoms with Crippen molar-refractivity contribution in [2.24, 2.45) is 11.8 Å². The van der Waals surface area contributed by atoms with Crippen LogP contribution >= 0.6 is 0 Å². The fraction of sp³-hybridized carbons (Fsp3) is 0.571. The molecule has 0 heterocycles. The molecule has 0 saturated carbocycles. The molecule has 3 amide bonds. The molecule has 8 nitrogen and oxygen atoms in total. The number of carbonyl (C=O) groups excluding carboxylic acids is 3. The van der Waals surface area contributed by atoms with Crippen LogP contribution in [0.15, 0.2) is 42.5 Å². The lowest BCUT2D eigenvalue weighted by Crippen LogP contribution is -2.55. The van der Waals surface area contributed by atoms with Gasteiger partial charge in [-0.3, -0.25) is 9.59 Å². The third-order valence-corrected chi connectivity index (χ3v) is 7.41. The van der Waals surface area contributed by atoms with Crippen LogP contribution in [0.4, 0.5) is 10.5 Å². The number of carbonyl (C=O) groups is 3. The summed E-state index contributed by atoms with van der Waals surface area (Å²) in [5, 5.41) is 5.89. The number of amides is 3. The Kier molecular flexibility index (Phi) is 13.1. The Balaban J connectivity index is 2.68. The monoisotopic (exact) mass is 595 g/mol. The first-order valence-corrected chi connectivity index (χ1v) is 15.4. The Labute approximate surface area is 258 Å². The zero-order chi connectivity index (χ0) is 32.5. The fourth-order valence-electron chi connectivity index (χ4n) is 5.01. The van der Waals surface area contributed by atoms with E-state index >= 15 is 0 Å². The molecule has 2 aromatic carbocycles. The van der Waals surface area contributed by atoms with Gasteiger partial charge in [-0.05, 0) is 114 Å². The second-order valence-electron chi connectivity index (χ2n) is 13.3. The number of aryl methyl sites for hydroxylation is 1. The molecular formula is C35H53N3O5. The highest BCUT2D eigenvalue weighted by Gasteiger charge is 2.39. The molecule has 8 heteroatoms. The predicted octanol–water partition coefficient (Wildman–Crippen LogP) is 7.58. The topological polar surface area (TPSA) is 97.0 Å². The average Bonchev–Trinajstić information content (AvgIpc) is 2.90. The van der Waals surface area contributed by atoms with Gasteiger partial charge < -0.3 is 25.0 Å². The molecule has 2 aromatic rings. The smallest absolute Gasteiger partial charge is 0.408 e. The van der Waals surface area contributed by atoms with E-state index in [4.69, 9.17) is 9.47 Å². The number of rotatable bonds is 13. The van der Waals surface area contributed by atoms with Crippen molar-refractivity contribution in [2.75, 3.05) is 12.4 Å². The molecule has 43 heavy (non-hydrogen) atoms. The molecule has 3 unspecified atom stereocenters. The van der Waals surface area contributed by atoms with E-state index in [1.165, 1.54) is 0 Å². The molecule has 2 N–H and O–H groups in total. The maximum Gasteiger partial charge on any atom is 0.408 e. The maximum atomic E-state index is 14.7. The molecule has 0 aliphatic carbocycles. The summed E-state index contributed by atoms with van der Waals surface area (Å²) in [4.78, 5) is 43.6. The van der Waals surface area contributed by atoms with Gasteiger partial charge >= 0.3 is 6.09 Å². The molecule has 238 valence electrons. The van der Waals surface area contributed by atoms with Crippen LogP contribution in [0.25, 0.3) is 0 Å². The highest BCUT2D eigenvalue weighted by atomic mass is 16.6. The first kappa shape index (κ1) is 35.6. The highest BCUT2D eigenvalue weighted by Crippen LogP contribution is 2.32. The van der Waals surface area contributed by atoms with Gasteiger partial charge in [0.1, 0.15) is 23.4 Å². The number of alkyl carbamates (subject to hydrolysis) is 1. The van der Waals surface area contributed by atoms with Crippen LogP contribution in [0, 0.1) is 25.7 Å². The molecule has 3 atom stereocenters. The normalized spacial score (nSPS) is 13.7. The van der Waals surface area contributed by atoms with E-state index in [1.54, 1.807) is 57.0 Å². The molecule has 0 radical (unpaired) electrons. The van der Waals surface area contributed by atoms with Crippen LogP contribution in [-0.2, 0) is 14.3 Å². The number of hydrogen-bond donors (Lipinski definition) is 2. The van der Waals surface area contributed by atoms with E-state index in [-0.39, 0.29) is 23.8 Å². The van der Waals surface area contributed by atoms with E-state index < -0.39 is 23.8 Å². The van der Waals surface area contributed by atoms with E-state index in [2.05, 4.69) is 24.5 Å². The Hall–Kier alpha value is -3.55. The van der Waals surface area contributed by atoms with Crippen LogP contribution in [0.5, 0.6) is 5.75 Å². The summed E-state index contributed by atoms with van der Waals surface area (Å²) in [6.45, 7) is 19.6. The van der Waals surface area contributed by atoms with Crippen molar-refractivity contribution in [3.05, 3.63) is 59.2 Å². The minimum absolute atomic E-state index is 0.101. The van der Waals surface area contributed by atoms with Crippen molar-refractivity contribution >= 4 is 23.6 Å². The Morgan fingerprint density at radius 3 is 2.05 bits per heavy atom. The molecule has 0 aliphatic rings. The van der Waals surface area contributed by atoms with Gasteiger partial charge in [0, 0.05) is 11.7 Å². The number of hydrogen-bond acceptors (Lipinski definition) is 5. The van der Waals surface area contributed by atoms with Crippen LogP contribution in [-0.4, -0.2) is 47.6 Å². The summed E-state index contributed by atoms with van der Waals surface area (Å²) in [6.07, 6.45) is 1.30. The highest BCUT2D eigenvalue weighted by molar-refractivity contribution is 5.99. The minimum atomic E-state index is -0.938. The largest absolute Gasteiger partial charge is 0.497 e. The summed E-state index contributed by atoms with van der Waals surface area (Å²) in [6, 6.07) is 10.8. The SMILES string of the molecule is COc1ccc(NC(=O)C(c2cccc(C)c2C)N(C(=O)C(CC(C)C)NC(=O)OC(C)(C)C)C(C)CCC(C)C)cc1. The second-order valence-corrected chi connectivity index (χ2v) is 13.3. The van der Waals surface area contributed by atoms with Gasteiger partial charge in [-0.2, -0.15) is 0 Å². The third kappa shape index (κ3) is 10.9. The quantitative estimate of drug-likeness (QED) is 0.249. The number of benzene rings is 2. The van der Waals surface area contributed by atoms with Crippen molar-refractivity contribution < 1.29 is 23.9 Å². The van der Waals surface area contributed by atoms with E-state index in [0.29, 0.717) is 30.2 Å². The second kappa shape index (κ2) is 15.8. The number of nitrogens with zero attached hydrogens (tertiary/aromatic N) is 1. The van der Waals surface area contributed by atoms with Crippen LogP contribution in [0.2, 0.25) is 0 Å². The summed E-state index contributed by atoms with van der Waals surface area (Å²) in [5.41, 5.74) is 2.57. The van der Waals surface area contributed by atoms with Crippen molar-refractivity contribution in [3.63, 3.8) is 0 Å². The van der Waals surface area contributed by atoms with Gasteiger partial charge in [0.25, 0.3) is 5.91 Å². The fourth-order valence-corrected chi connectivity index (χ4v) is 5.01. The van der Waals surface area contributed by atoms with E-state index in [1.807, 2.05) is 52.8 Å². The Bertz CT molecular complexity index is 1220. The maximum absolute atomic E-state index is 14.7. The number of ether oxygens (including phenoxy) is 2. The summed E-state index contributed by atoms with van der Waals surface area (Å²) >= 11 is 0. The molecule has 0 spiro atoms. The molecule has 0 saturated heterocycles. The number of anilines is 1. The minimum Gasteiger partial charge on any atom is -0.497 e. The van der Waals surface area contributed by atoms with Crippen molar-refractivity contribution in [1.82, 2.24) is 10.2 Å². The molecule has 0 fully saturated rings. The first-order chi connectivity index (χ1) is 20.0. The van der Waals surface area contributed by atoms with Crippen LogP contribution in [0.1, 0.15) is 97.4 Å². The van der Waals surface area contributed by atoms with Crippen molar-refractivity contribution in [3.8, 4) is 5.75 Å². The number of nitrogens with one attached hydrogen (secondary N) is 2. The van der Waals surface area contributed by atoms with Gasteiger partial charge in [-0.15, -0.1) is 0 Å². The summed E-state index contributed by atoms with van der Waals surface area (Å²) < 4.78 is 10.8. The molecule has 0 aliphatic heterocycles. The average molecular weight is 596 g/mol. The van der Waals surface area contributed by atoms with E-state index in [9.17, 15) is 14.4 Å². The van der Waals surface area contributed by atoms with Crippen molar-refractivity contribution in [1.29, 1.82) is 0 Å². The van der Waals surface area contributed by atoms with Gasteiger partial charge in [0.15, 0.2) is 0 Å². The number of methoxy groups -OCH3 is 1. The first-order valence-electron chi connectivity index (χ1n) is 15.4. The Morgan fingerprint density at radius 2 is 1.51 bits per heavy atom. The van der Waals surface area contributed by atoms with Crippen molar-refractivity contribution in [2.45, 2.75) is 112 Å². The molecule has 0 bridgehead atoms. The lowest BCUT2D eigenvalue weighted by molar-refractivity contribution is -0.144. The van der Waals surface area contributed by atoms with Gasteiger partial charge in [0.05, 0.1) is 7.11 Å². The molecule has 2 rings (SSSR count). The zero-order valence-electron chi connectivity index (χ0n) is 28.0. The van der Waals surface area contributed by atoms with E-state index in [0.717, 1.165) is 23.1 Å². The third-order valence-electron chi connectivity index (χ3n) is 7.41. The standard InChI is InChI=1S/C35H53N3O5/c1-22(2)15-16-25(6)38(33(40)30(21-23(3)4)37-34(41)43-35(8,9)10)31(29-14-12-13-24(5)26(29)7)32(39)36-27-17-19-28(42-11)20-18-27/h12-14,17-20,22-23,25,30-31H,15-16,21H2,1-11H3,(H,36,39)(H,37,41). The summed E-state index contributed by atoms with van der Waals surface area (Å²) in [7, 11) is 1.59. The molecular weight excluding hydrogens is 542 g/mol. The summed E-state index contributed by atoms with van der Waals surface area (Å²) in [5.74, 6) is 0.547. The van der Waals surface area contributed by atoms with Crippen LogP contribution in [0.3, 0.4) is 0 Å². The van der Waals surface area contributed by atoms with Crippen LogP contribution < -0.4 is 15.4 Å². The molecule has 0 aromatic heterocycles. The van der Waals surface area contributed by atoms with Gasteiger partial charge in [-0.25, -0.2) is 4.79 Å². The predicted molar refractivity (Wildman–Crippen MR) is 173 cm³/mol. The lowest BCUT2D eigenvalue weighted by atomic mass is 9.92. The van der Waals surface area contributed by atoms with Gasteiger partial charge in [0.2, 0.25) is 5.91 Å². The lowest BCUT2D eigenvalue weighted by Gasteiger charge is -2.39.